The van der Waals surface area contributed by atoms with Crippen LogP contribution in [0.4, 0.5) is 17.6 Å². The van der Waals surface area contributed by atoms with Crippen molar-refractivity contribution in [2.75, 3.05) is 23.4 Å². The van der Waals surface area contributed by atoms with Crippen LogP contribution < -0.4 is 16.4 Å². The Morgan fingerprint density at radius 3 is 2.65 bits per heavy atom. The molecule has 0 aromatic carbocycles. The monoisotopic (exact) mass is 233 g/mol. The summed E-state index contributed by atoms with van der Waals surface area (Å²) in [5.74, 6) is 2.94. The largest absolute Gasteiger partial charge is 0.464 e. The van der Waals surface area contributed by atoms with Gasteiger partial charge in [0, 0.05) is 13.1 Å². The van der Waals surface area contributed by atoms with Crippen LogP contribution in [0.2, 0.25) is 0 Å². The minimum atomic E-state index is 0.169. The number of hydrogen-bond donors (Lipinski definition) is 2. The van der Waals surface area contributed by atoms with Crippen molar-refractivity contribution in [1.29, 1.82) is 0 Å². The molecule has 0 bridgehead atoms. The van der Waals surface area contributed by atoms with Crippen molar-refractivity contribution >= 4 is 17.6 Å². The van der Waals surface area contributed by atoms with Crippen molar-refractivity contribution in [3.05, 3.63) is 29.7 Å². The summed E-state index contributed by atoms with van der Waals surface area (Å²) in [7, 11) is 1.89. The predicted octanol–water partition coefficient (Wildman–Crippen LogP) is 1.18. The maximum atomic E-state index is 5.61. The summed E-state index contributed by atoms with van der Waals surface area (Å²) in [4.78, 5) is 9.83. The van der Waals surface area contributed by atoms with Gasteiger partial charge in [0.2, 0.25) is 5.95 Å². The van der Waals surface area contributed by atoms with Crippen LogP contribution in [0.5, 0.6) is 0 Å². The number of nitrogens with zero attached hydrogens (tertiary/aromatic N) is 3. The molecule has 0 aliphatic carbocycles. The molecule has 2 heterocycles. The summed E-state index contributed by atoms with van der Waals surface area (Å²) in [5.41, 5.74) is 11.2. The van der Waals surface area contributed by atoms with Gasteiger partial charge in [0.05, 0.1) is 6.54 Å². The van der Waals surface area contributed by atoms with Crippen LogP contribution in [0.3, 0.4) is 0 Å². The number of anilines is 3. The molecule has 0 amide bonds. The third kappa shape index (κ3) is 2.66. The third-order valence-electron chi connectivity index (χ3n) is 2.33. The Balaban J connectivity index is 2.16. The summed E-state index contributed by atoms with van der Waals surface area (Å²) < 4.78 is 5.49. The first kappa shape index (κ1) is 11.3. The maximum absolute atomic E-state index is 5.61. The summed E-state index contributed by atoms with van der Waals surface area (Å²) in [6.07, 6.45) is 0. The number of aryl methyl sites for hydroxylation is 1. The van der Waals surface area contributed by atoms with E-state index in [0.29, 0.717) is 18.2 Å². The maximum Gasteiger partial charge on any atom is 0.223 e. The van der Waals surface area contributed by atoms with Gasteiger partial charge in [0.1, 0.15) is 23.2 Å². The molecule has 0 saturated carbocycles. The van der Waals surface area contributed by atoms with E-state index in [1.807, 2.05) is 31.0 Å². The zero-order valence-corrected chi connectivity index (χ0v) is 9.84. The molecule has 2 rings (SSSR count). The SMILES string of the molecule is Cc1ccc(CN(C)c2cc(N)nc(N)n2)o1. The molecule has 0 unspecified atom stereocenters. The van der Waals surface area contributed by atoms with E-state index < -0.39 is 0 Å². The van der Waals surface area contributed by atoms with E-state index in [9.17, 15) is 0 Å². The molecule has 0 aliphatic rings. The van der Waals surface area contributed by atoms with Crippen molar-refractivity contribution < 1.29 is 4.42 Å². The average molecular weight is 233 g/mol. The van der Waals surface area contributed by atoms with Gasteiger partial charge in [-0.15, -0.1) is 0 Å². The van der Waals surface area contributed by atoms with Gasteiger partial charge in [-0.25, -0.2) is 0 Å². The number of hydrogen-bond acceptors (Lipinski definition) is 6. The molecular formula is C11H15N5O. The molecule has 0 fully saturated rings. The Morgan fingerprint density at radius 2 is 2.06 bits per heavy atom. The first-order valence-corrected chi connectivity index (χ1v) is 5.21. The standard InChI is InChI=1S/C11H15N5O/c1-7-3-4-8(17-7)6-16(2)10-5-9(12)14-11(13)15-10/h3-5H,6H2,1-2H3,(H4,12,13,14,15). The van der Waals surface area contributed by atoms with Crippen molar-refractivity contribution in [3.8, 4) is 0 Å². The minimum absolute atomic E-state index is 0.169. The highest BCUT2D eigenvalue weighted by Crippen LogP contribution is 2.17. The molecule has 6 nitrogen and oxygen atoms in total. The Labute approximate surface area is 99.3 Å². The Morgan fingerprint density at radius 1 is 1.29 bits per heavy atom. The van der Waals surface area contributed by atoms with Gasteiger partial charge < -0.3 is 20.8 Å². The van der Waals surface area contributed by atoms with E-state index >= 15 is 0 Å². The van der Waals surface area contributed by atoms with Gasteiger partial charge in [-0.3, -0.25) is 0 Å². The van der Waals surface area contributed by atoms with E-state index in [0.717, 1.165) is 11.5 Å². The number of nitrogen functional groups attached to an aromatic ring is 2. The van der Waals surface area contributed by atoms with Gasteiger partial charge in [0.15, 0.2) is 0 Å². The molecule has 17 heavy (non-hydrogen) atoms. The van der Waals surface area contributed by atoms with Gasteiger partial charge >= 0.3 is 0 Å². The van der Waals surface area contributed by atoms with Crippen LogP contribution in [0.25, 0.3) is 0 Å². The van der Waals surface area contributed by atoms with Crippen molar-refractivity contribution in [2.45, 2.75) is 13.5 Å². The van der Waals surface area contributed by atoms with E-state index in [2.05, 4.69) is 9.97 Å². The fraction of sp³-hybridized carbons (Fsp3) is 0.273. The molecule has 0 atom stereocenters. The van der Waals surface area contributed by atoms with Crippen LogP contribution in [0.1, 0.15) is 11.5 Å². The lowest BCUT2D eigenvalue weighted by Gasteiger charge is -2.17. The molecule has 0 saturated heterocycles. The summed E-state index contributed by atoms with van der Waals surface area (Å²) in [6, 6.07) is 5.53. The molecule has 0 spiro atoms. The second-order valence-electron chi connectivity index (χ2n) is 3.88. The first-order chi connectivity index (χ1) is 8.04. The van der Waals surface area contributed by atoms with Gasteiger partial charge in [-0.2, -0.15) is 9.97 Å². The predicted molar refractivity (Wildman–Crippen MR) is 66.4 cm³/mol. The topological polar surface area (TPSA) is 94.2 Å². The highest BCUT2D eigenvalue weighted by atomic mass is 16.3. The molecular weight excluding hydrogens is 218 g/mol. The second kappa shape index (κ2) is 4.32. The summed E-state index contributed by atoms with van der Waals surface area (Å²) in [6.45, 7) is 2.51. The normalized spacial score (nSPS) is 10.5. The van der Waals surface area contributed by atoms with Crippen molar-refractivity contribution in [3.63, 3.8) is 0 Å². The zero-order chi connectivity index (χ0) is 12.4. The van der Waals surface area contributed by atoms with E-state index in [1.54, 1.807) is 6.07 Å². The minimum Gasteiger partial charge on any atom is -0.464 e. The average Bonchev–Trinajstić information content (AvgIpc) is 2.62. The molecule has 0 radical (unpaired) electrons. The lowest BCUT2D eigenvalue weighted by Crippen LogP contribution is -2.18. The van der Waals surface area contributed by atoms with Crippen LogP contribution in [0, 0.1) is 6.92 Å². The fourth-order valence-corrected chi connectivity index (χ4v) is 1.55. The number of furan rings is 1. The molecule has 2 aromatic heterocycles. The first-order valence-electron chi connectivity index (χ1n) is 5.21. The van der Waals surface area contributed by atoms with Crippen LogP contribution in [-0.2, 0) is 6.54 Å². The summed E-state index contributed by atoms with van der Waals surface area (Å²) in [5, 5.41) is 0. The van der Waals surface area contributed by atoms with Gasteiger partial charge in [0.25, 0.3) is 0 Å². The lowest BCUT2D eigenvalue weighted by molar-refractivity contribution is 0.481. The Hall–Kier alpha value is -2.24. The van der Waals surface area contributed by atoms with Gasteiger partial charge in [-0.1, -0.05) is 0 Å². The highest BCUT2D eigenvalue weighted by Gasteiger charge is 2.08. The van der Waals surface area contributed by atoms with Crippen LogP contribution in [0.15, 0.2) is 22.6 Å². The van der Waals surface area contributed by atoms with E-state index in [1.165, 1.54) is 0 Å². The number of aromatic nitrogens is 2. The smallest absolute Gasteiger partial charge is 0.223 e. The van der Waals surface area contributed by atoms with Crippen molar-refractivity contribution in [1.82, 2.24) is 9.97 Å². The molecule has 2 aromatic rings. The second-order valence-corrected chi connectivity index (χ2v) is 3.88. The Bertz CT molecular complexity index is 502. The van der Waals surface area contributed by atoms with E-state index in [-0.39, 0.29) is 5.95 Å². The summed E-state index contributed by atoms with van der Waals surface area (Å²) >= 11 is 0. The van der Waals surface area contributed by atoms with E-state index in [4.69, 9.17) is 15.9 Å². The quantitative estimate of drug-likeness (QED) is 0.826. The molecule has 90 valence electrons. The van der Waals surface area contributed by atoms with Gasteiger partial charge in [-0.05, 0) is 19.1 Å². The lowest BCUT2D eigenvalue weighted by atomic mass is 10.4. The number of rotatable bonds is 3. The fourth-order valence-electron chi connectivity index (χ4n) is 1.55. The zero-order valence-electron chi connectivity index (χ0n) is 9.84. The van der Waals surface area contributed by atoms with Crippen molar-refractivity contribution in [2.24, 2.45) is 0 Å². The number of nitrogens with two attached hydrogens (primary N) is 2. The third-order valence-corrected chi connectivity index (χ3v) is 2.33. The van der Waals surface area contributed by atoms with Crippen LogP contribution in [-0.4, -0.2) is 17.0 Å². The highest BCUT2D eigenvalue weighted by molar-refractivity contribution is 5.49. The molecule has 0 aliphatic heterocycles. The Kier molecular flexibility index (Phi) is 2.86. The molecule has 4 N–H and O–H groups in total. The van der Waals surface area contributed by atoms with Crippen LogP contribution >= 0.6 is 0 Å². The molecule has 6 heteroatoms.